The third kappa shape index (κ3) is 2.24. The van der Waals surface area contributed by atoms with Gasteiger partial charge >= 0.3 is 0 Å². The molecule has 0 saturated carbocycles. The summed E-state index contributed by atoms with van der Waals surface area (Å²) in [5.74, 6) is 7.71. The number of methoxy groups -OCH3 is 1. The lowest BCUT2D eigenvalue weighted by molar-refractivity contribution is -0.124. The second-order valence-electron chi connectivity index (χ2n) is 5.10. The SMILES string of the molecule is COc1ccccc1C#CCC1C(=O)C2CCN1C2. The summed E-state index contributed by atoms with van der Waals surface area (Å²) in [7, 11) is 1.64. The van der Waals surface area contributed by atoms with Crippen LogP contribution >= 0.6 is 0 Å². The Kier molecular flexibility index (Phi) is 3.27. The molecule has 0 aromatic heterocycles. The van der Waals surface area contributed by atoms with Crippen LogP contribution in [0.1, 0.15) is 18.4 Å². The maximum Gasteiger partial charge on any atom is 0.155 e. The van der Waals surface area contributed by atoms with Crippen LogP contribution in [-0.4, -0.2) is 36.9 Å². The van der Waals surface area contributed by atoms with Gasteiger partial charge in [0.25, 0.3) is 0 Å². The number of hydrogen-bond donors (Lipinski definition) is 0. The number of rotatable bonds is 2. The first-order chi connectivity index (χ1) is 9.29. The highest BCUT2D eigenvalue weighted by atomic mass is 16.5. The number of benzene rings is 1. The fraction of sp³-hybridized carbons (Fsp3) is 0.438. The van der Waals surface area contributed by atoms with E-state index in [1.807, 2.05) is 24.3 Å². The van der Waals surface area contributed by atoms with Gasteiger partial charge in [-0.15, -0.1) is 0 Å². The number of para-hydroxylation sites is 1. The Morgan fingerprint density at radius 2 is 2.26 bits per heavy atom. The predicted octanol–water partition coefficient (Wildman–Crippen LogP) is 1.71. The summed E-state index contributed by atoms with van der Waals surface area (Å²) in [5.41, 5.74) is 0.885. The van der Waals surface area contributed by atoms with E-state index in [0.29, 0.717) is 12.2 Å². The zero-order valence-corrected chi connectivity index (χ0v) is 11.1. The maximum absolute atomic E-state index is 12.0. The molecule has 1 aromatic carbocycles. The molecule has 3 rings (SSSR count). The van der Waals surface area contributed by atoms with Crippen LogP contribution < -0.4 is 4.74 Å². The van der Waals surface area contributed by atoms with Crippen molar-refractivity contribution in [3.8, 4) is 17.6 Å². The van der Waals surface area contributed by atoms with Crippen LogP contribution in [0.25, 0.3) is 0 Å². The van der Waals surface area contributed by atoms with E-state index in [9.17, 15) is 4.79 Å². The minimum Gasteiger partial charge on any atom is -0.495 e. The van der Waals surface area contributed by atoms with Gasteiger partial charge in [0.15, 0.2) is 5.78 Å². The molecular weight excluding hydrogens is 238 g/mol. The first kappa shape index (κ1) is 12.3. The Morgan fingerprint density at radius 3 is 3.00 bits per heavy atom. The largest absolute Gasteiger partial charge is 0.495 e. The van der Waals surface area contributed by atoms with E-state index < -0.39 is 0 Å². The zero-order valence-electron chi connectivity index (χ0n) is 11.1. The highest BCUT2D eigenvalue weighted by molar-refractivity contribution is 5.89. The van der Waals surface area contributed by atoms with Crippen molar-refractivity contribution in [3.05, 3.63) is 29.8 Å². The van der Waals surface area contributed by atoms with Crippen LogP contribution in [0.15, 0.2) is 24.3 Å². The molecule has 0 radical (unpaired) electrons. The highest BCUT2D eigenvalue weighted by Gasteiger charge is 2.44. The minimum absolute atomic E-state index is 0.0287. The van der Waals surface area contributed by atoms with E-state index in [4.69, 9.17) is 4.74 Å². The van der Waals surface area contributed by atoms with Crippen molar-refractivity contribution >= 4 is 5.78 Å². The van der Waals surface area contributed by atoms with Crippen molar-refractivity contribution in [1.82, 2.24) is 4.90 Å². The first-order valence-corrected chi connectivity index (χ1v) is 6.69. The van der Waals surface area contributed by atoms with Crippen molar-refractivity contribution in [1.29, 1.82) is 0 Å². The van der Waals surface area contributed by atoms with Gasteiger partial charge in [0, 0.05) is 18.9 Å². The van der Waals surface area contributed by atoms with Crippen molar-refractivity contribution in [2.45, 2.75) is 18.9 Å². The van der Waals surface area contributed by atoms with E-state index in [0.717, 1.165) is 30.8 Å². The summed E-state index contributed by atoms with van der Waals surface area (Å²) in [5, 5.41) is 0. The lowest BCUT2D eigenvalue weighted by Gasteiger charge is -2.21. The monoisotopic (exact) mass is 255 g/mol. The van der Waals surface area contributed by atoms with Gasteiger partial charge in [-0.05, 0) is 25.1 Å². The average Bonchev–Trinajstić information content (AvgIpc) is 3.02. The van der Waals surface area contributed by atoms with Gasteiger partial charge in [-0.25, -0.2) is 0 Å². The molecule has 0 amide bonds. The van der Waals surface area contributed by atoms with Crippen LogP contribution in [0.5, 0.6) is 5.75 Å². The van der Waals surface area contributed by atoms with Crippen LogP contribution in [0.2, 0.25) is 0 Å². The summed E-state index contributed by atoms with van der Waals surface area (Å²) >= 11 is 0. The molecule has 2 aliphatic rings. The Bertz CT molecular complexity index is 555. The normalized spacial score (nSPS) is 28.1. The second-order valence-corrected chi connectivity index (χ2v) is 5.10. The van der Waals surface area contributed by atoms with E-state index in [2.05, 4.69) is 16.7 Å². The molecule has 98 valence electrons. The Balaban J connectivity index is 1.70. The van der Waals surface area contributed by atoms with E-state index in [-0.39, 0.29) is 12.0 Å². The third-order valence-corrected chi connectivity index (χ3v) is 4.02. The number of carbonyl (C=O) groups excluding carboxylic acids is 1. The molecule has 19 heavy (non-hydrogen) atoms. The molecule has 0 spiro atoms. The molecular formula is C16H17NO2. The number of carbonyl (C=O) groups is 1. The summed E-state index contributed by atoms with van der Waals surface area (Å²) in [6.07, 6.45) is 1.67. The van der Waals surface area contributed by atoms with Gasteiger partial charge < -0.3 is 4.74 Å². The van der Waals surface area contributed by atoms with Gasteiger partial charge in [-0.2, -0.15) is 0 Å². The number of Topliss-reactive ketones (excluding diaryl/α,β-unsaturated/α-hetero) is 1. The second kappa shape index (κ2) is 5.07. The molecule has 2 saturated heterocycles. The Labute approximate surface area is 113 Å². The number of piperidine rings is 1. The van der Waals surface area contributed by atoms with E-state index in [1.54, 1.807) is 7.11 Å². The maximum atomic E-state index is 12.0. The predicted molar refractivity (Wildman–Crippen MR) is 73.0 cm³/mol. The molecule has 3 atom stereocenters. The van der Waals surface area contributed by atoms with Crippen LogP contribution in [0, 0.1) is 17.8 Å². The lowest BCUT2D eigenvalue weighted by atomic mass is 9.97. The van der Waals surface area contributed by atoms with Crippen molar-refractivity contribution in [2.24, 2.45) is 5.92 Å². The first-order valence-electron chi connectivity index (χ1n) is 6.69. The summed E-state index contributed by atoms with van der Waals surface area (Å²) in [6.45, 7) is 2.00. The van der Waals surface area contributed by atoms with Crippen LogP contribution in [-0.2, 0) is 4.79 Å². The number of ether oxygens (including phenoxy) is 1. The molecule has 0 N–H and O–H groups in total. The number of nitrogens with zero attached hydrogens (tertiary/aromatic N) is 1. The fourth-order valence-corrected chi connectivity index (χ4v) is 2.98. The fourth-order valence-electron chi connectivity index (χ4n) is 2.98. The topological polar surface area (TPSA) is 29.5 Å². The van der Waals surface area contributed by atoms with E-state index >= 15 is 0 Å². The van der Waals surface area contributed by atoms with Crippen molar-refractivity contribution in [2.75, 3.05) is 20.2 Å². The quantitative estimate of drug-likeness (QED) is 0.753. The molecule has 3 heteroatoms. The molecule has 2 aliphatic heterocycles. The van der Waals surface area contributed by atoms with Crippen LogP contribution in [0.4, 0.5) is 0 Å². The highest BCUT2D eigenvalue weighted by Crippen LogP contribution is 2.31. The van der Waals surface area contributed by atoms with Gasteiger partial charge in [0.2, 0.25) is 0 Å². The third-order valence-electron chi connectivity index (χ3n) is 4.02. The average molecular weight is 255 g/mol. The standard InChI is InChI=1S/C16H17NO2/c1-19-15-8-3-2-5-12(15)6-4-7-14-16(18)13-9-10-17(14)11-13/h2-3,5,8,13-14H,7,9-11H2,1H3. The van der Waals surface area contributed by atoms with Gasteiger partial charge in [-0.3, -0.25) is 9.69 Å². The molecule has 2 bridgehead atoms. The number of fused-ring (bicyclic) bond motifs is 2. The number of ketones is 1. The van der Waals surface area contributed by atoms with Gasteiger partial charge in [-0.1, -0.05) is 24.0 Å². The van der Waals surface area contributed by atoms with Gasteiger partial charge in [0.05, 0.1) is 18.7 Å². The van der Waals surface area contributed by atoms with Crippen molar-refractivity contribution < 1.29 is 9.53 Å². The molecule has 3 unspecified atom stereocenters. The zero-order chi connectivity index (χ0) is 13.2. The molecule has 3 nitrogen and oxygen atoms in total. The smallest absolute Gasteiger partial charge is 0.155 e. The molecule has 0 aliphatic carbocycles. The molecule has 2 fully saturated rings. The molecule has 1 aromatic rings. The summed E-state index contributed by atoms with van der Waals surface area (Å²) in [6, 6.07) is 7.74. The molecule has 2 heterocycles. The Morgan fingerprint density at radius 1 is 1.42 bits per heavy atom. The summed E-state index contributed by atoms with van der Waals surface area (Å²) < 4.78 is 5.26. The lowest BCUT2D eigenvalue weighted by Crippen LogP contribution is -2.35. The Hall–Kier alpha value is -1.79. The number of hydrogen-bond acceptors (Lipinski definition) is 3. The van der Waals surface area contributed by atoms with Crippen molar-refractivity contribution in [3.63, 3.8) is 0 Å². The minimum atomic E-state index is 0.0287. The van der Waals surface area contributed by atoms with E-state index in [1.165, 1.54) is 0 Å². The van der Waals surface area contributed by atoms with Gasteiger partial charge in [0.1, 0.15) is 5.75 Å². The van der Waals surface area contributed by atoms with Crippen LogP contribution in [0.3, 0.4) is 0 Å². The summed E-state index contributed by atoms with van der Waals surface area (Å²) in [4.78, 5) is 14.3.